The molecule has 3 rings (SSSR count). The Labute approximate surface area is 184 Å². The zero-order valence-corrected chi connectivity index (χ0v) is 19.1. The third-order valence-electron chi connectivity index (χ3n) is 3.61. The van der Waals surface area contributed by atoms with Crippen LogP contribution in [0.1, 0.15) is 45.0 Å². The van der Waals surface area contributed by atoms with Crippen LogP contribution in [0.4, 0.5) is 10.5 Å². The zero-order valence-electron chi connectivity index (χ0n) is 19.1. The van der Waals surface area contributed by atoms with Crippen molar-refractivity contribution in [3.05, 3.63) is 54.2 Å². The Hall–Kier alpha value is -3.29. The van der Waals surface area contributed by atoms with E-state index in [1.165, 1.54) is 13.3 Å². The van der Waals surface area contributed by atoms with Gasteiger partial charge in [0.05, 0.1) is 31.5 Å². The number of hydrogen-bond acceptors (Lipinski definition) is 7. The van der Waals surface area contributed by atoms with Crippen molar-refractivity contribution in [1.82, 2.24) is 10.3 Å². The molecule has 0 saturated heterocycles. The standard InChI is InChI=1S/C15H21N3O5.C6H6.C2H6/c1-15(2,3)23-14(20)18-8-10-7-16-11-5-9(13(19)21-4)6-17-12(11)22-10;1-2-4-6-5-3-1;1-2/h5-6,10,16H,7-8H2,1-4H3,(H,18,20);1-6H;1-2H3/t10-;;/m0../s1. The normalized spacial score (nSPS) is 13.9. The van der Waals surface area contributed by atoms with Gasteiger partial charge >= 0.3 is 12.1 Å². The number of ether oxygens (including phenoxy) is 3. The van der Waals surface area contributed by atoms with E-state index in [0.29, 0.717) is 23.7 Å². The highest BCUT2D eigenvalue weighted by molar-refractivity contribution is 5.90. The molecule has 1 atom stereocenters. The molecule has 2 heterocycles. The van der Waals surface area contributed by atoms with Crippen molar-refractivity contribution in [2.24, 2.45) is 0 Å². The second kappa shape index (κ2) is 13.1. The number of anilines is 1. The van der Waals surface area contributed by atoms with Crippen LogP contribution in [0.15, 0.2) is 48.7 Å². The summed E-state index contributed by atoms with van der Waals surface area (Å²) >= 11 is 0. The number of carbonyl (C=O) groups is 2. The predicted molar refractivity (Wildman–Crippen MR) is 121 cm³/mol. The van der Waals surface area contributed by atoms with Crippen LogP contribution in [0.25, 0.3) is 0 Å². The molecule has 1 aromatic carbocycles. The summed E-state index contributed by atoms with van der Waals surface area (Å²) in [6, 6.07) is 13.6. The van der Waals surface area contributed by atoms with Gasteiger partial charge in [-0.3, -0.25) is 0 Å². The molecule has 8 heteroatoms. The Kier molecular flexibility index (Phi) is 10.9. The summed E-state index contributed by atoms with van der Waals surface area (Å²) in [6.07, 6.45) is 0.600. The molecule has 0 saturated carbocycles. The van der Waals surface area contributed by atoms with E-state index in [4.69, 9.17) is 9.47 Å². The lowest BCUT2D eigenvalue weighted by molar-refractivity contribution is 0.0499. The highest BCUT2D eigenvalue weighted by Crippen LogP contribution is 2.27. The molecule has 2 aromatic rings. The molecule has 1 aromatic heterocycles. The summed E-state index contributed by atoms with van der Waals surface area (Å²) in [5.74, 6) is -0.0873. The van der Waals surface area contributed by atoms with Gasteiger partial charge < -0.3 is 24.8 Å². The van der Waals surface area contributed by atoms with Crippen molar-refractivity contribution in [2.75, 3.05) is 25.5 Å². The molecule has 0 unspecified atom stereocenters. The highest BCUT2D eigenvalue weighted by atomic mass is 16.6. The monoisotopic (exact) mass is 431 g/mol. The molecule has 1 amide bonds. The maximum absolute atomic E-state index is 11.6. The molecule has 0 aliphatic carbocycles. The van der Waals surface area contributed by atoms with Crippen LogP contribution >= 0.6 is 0 Å². The number of benzene rings is 1. The fraction of sp³-hybridized carbons (Fsp3) is 0.435. The molecule has 2 N–H and O–H groups in total. The Balaban J connectivity index is 0.000000508. The number of alkyl carbamates (subject to hydrolysis) is 1. The maximum atomic E-state index is 11.6. The van der Waals surface area contributed by atoms with Crippen molar-refractivity contribution in [1.29, 1.82) is 0 Å². The van der Waals surface area contributed by atoms with E-state index in [9.17, 15) is 9.59 Å². The van der Waals surface area contributed by atoms with E-state index in [1.807, 2.05) is 50.2 Å². The smallest absolute Gasteiger partial charge is 0.407 e. The number of carbonyl (C=O) groups excluding carboxylic acids is 2. The molecule has 0 fully saturated rings. The van der Waals surface area contributed by atoms with Gasteiger partial charge in [-0.05, 0) is 26.8 Å². The second-order valence-corrected chi connectivity index (χ2v) is 7.23. The minimum atomic E-state index is -0.547. The molecule has 1 aliphatic heterocycles. The van der Waals surface area contributed by atoms with Crippen molar-refractivity contribution in [3.8, 4) is 5.88 Å². The topological polar surface area (TPSA) is 98.8 Å². The van der Waals surface area contributed by atoms with Crippen LogP contribution in [-0.2, 0) is 9.47 Å². The first-order chi connectivity index (χ1) is 14.8. The average Bonchev–Trinajstić information content (AvgIpc) is 2.78. The summed E-state index contributed by atoms with van der Waals surface area (Å²) in [5, 5.41) is 5.77. The summed E-state index contributed by atoms with van der Waals surface area (Å²) in [7, 11) is 1.31. The number of fused-ring (bicyclic) bond motifs is 1. The molecule has 1 aliphatic rings. The molecular formula is C23H33N3O5. The Bertz CT molecular complexity index is 780. The summed E-state index contributed by atoms with van der Waals surface area (Å²) < 4.78 is 15.5. The number of aromatic nitrogens is 1. The minimum absolute atomic E-state index is 0.280. The van der Waals surface area contributed by atoms with Crippen LogP contribution < -0.4 is 15.4 Å². The van der Waals surface area contributed by atoms with Crippen LogP contribution in [0.5, 0.6) is 5.88 Å². The van der Waals surface area contributed by atoms with E-state index >= 15 is 0 Å². The number of hydrogen-bond donors (Lipinski definition) is 2. The second-order valence-electron chi connectivity index (χ2n) is 7.23. The Morgan fingerprint density at radius 2 is 1.74 bits per heavy atom. The van der Waals surface area contributed by atoms with E-state index in [2.05, 4.69) is 20.4 Å². The SMILES string of the molecule is CC.COC(=O)c1cnc2c(c1)NC[C@@H](CNC(=O)OC(C)(C)C)O2.c1ccccc1. The van der Waals surface area contributed by atoms with Crippen molar-refractivity contribution < 1.29 is 23.8 Å². The van der Waals surface area contributed by atoms with Crippen molar-refractivity contribution in [2.45, 2.75) is 46.3 Å². The molecule has 0 spiro atoms. The van der Waals surface area contributed by atoms with E-state index < -0.39 is 17.7 Å². The first-order valence-electron chi connectivity index (χ1n) is 10.2. The van der Waals surface area contributed by atoms with Crippen LogP contribution in [0, 0.1) is 0 Å². The molecule has 8 nitrogen and oxygen atoms in total. The van der Waals surface area contributed by atoms with Crippen LogP contribution in [-0.4, -0.2) is 49.0 Å². The van der Waals surface area contributed by atoms with E-state index in [0.717, 1.165) is 0 Å². The van der Waals surface area contributed by atoms with Gasteiger partial charge in [-0.15, -0.1) is 0 Å². The van der Waals surface area contributed by atoms with Crippen LogP contribution in [0.3, 0.4) is 0 Å². The maximum Gasteiger partial charge on any atom is 0.407 e. The number of nitrogens with zero attached hydrogens (tertiary/aromatic N) is 1. The highest BCUT2D eigenvalue weighted by Gasteiger charge is 2.23. The third kappa shape index (κ3) is 9.84. The number of rotatable bonds is 3. The quantitative estimate of drug-likeness (QED) is 0.700. The predicted octanol–water partition coefficient (Wildman–Crippen LogP) is 4.28. The zero-order chi connectivity index (χ0) is 23.3. The third-order valence-corrected chi connectivity index (χ3v) is 3.61. The van der Waals surface area contributed by atoms with Gasteiger partial charge in [0.15, 0.2) is 0 Å². The van der Waals surface area contributed by atoms with Gasteiger partial charge in [0.1, 0.15) is 11.7 Å². The van der Waals surface area contributed by atoms with Gasteiger partial charge in [0.25, 0.3) is 0 Å². The number of nitrogens with one attached hydrogen (secondary N) is 2. The van der Waals surface area contributed by atoms with E-state index in [-0.39, 0.29) is 12.6 Å². The van der Waals surface area contributed by atoms with Crippen LogP contribution in [0.2, 0.25) is 0 Å². The van der Waals surface area contributed by atoms with Gasteiger partial charge in [-0.1, -0.05) is 50.2 Å². The molecule has 170 valence electrons. The molecular weight excluding hydrogens is 398 g/mol. The number of amides is 1. The first kappa shape index (κ1) is 25.7. The summed E-state index contributed by atoms with van der Waals surface area (Å²) in [4.78, 5) is 27.2. The van der Waals surface area contributed by atoms with Gasteiger partial charge in [-0.2, -0.15) is 0 Å². The lowest BCUT2D eigenvalue weighted by Crippen LogP contribution is -2.43. The largest absolute Gasteiger partial charge is 0.469 e. The fourth-order valence-electron chi connectivity index (χ4n) is 2.34. The number of methoxy groups -OCH3 is 1. The summed E-state index contributed by atoms with van der Waals surface area (Å²) in [6.45, 7) is 10.1. The minimum Gasteiger partial charge on any atom is -0.469 e. The molecule has 0 radical (unpaired) electrons. The number of esters is 1. The Morgan fingerprint density at radius 3 is 2.26 bits per heavy atom. The van der Waals surface area contributed by atoms with Gasteiger partial charge in [-0.25, -0.2) is 14.6 Å². The summed E-state index contributed by atoms with van der Waals surface area (Å²) in [5.41, 5.74) is 0.405. The first-order valence-corrected chi connectivity index (χ1v) is 10.2. The van der Waals surface area contributed by atoms with E-state index in [1.54, 1.807) is 26.8 Å². The fourth-order valence-corrected chi connectivity index (χ4v) is 2.34. The average molecular weight is 432 g/mol. The lowest BCUT2D eigenvalue weighted by Gasteiger charge is -2.27. The van der Waals surface area contributed by atoms with Gasteiger partial charge in [0, 0.05) is 6.20 Å². The van der Waals surface area contributed by atoms with Crippen molar-refractivity contribution in [3.63, 3.8) is 0 Å². The van der Waals surface area contributed by atoms with Gasteiger partial charge in [0.2, 0.25) is 5.88 Å². The number of pyridine rings is 1. The molecule has 0 bridgehead atoms. The van der Waals surface area contributed by atoms with Crippen molar-refractivity contribution >= 4 is 17.7 Å². The molecule has 31 heavy (non-hydrogen) atoms. The lowest BCUT2D eigenvalue weighted by atomic mass is 10.2. The Morgan fingerprint density at radius 1 is 1.16 bits per heavy atom.